The van der Waals surface area contributed by atoms with Crippen LogP contribution in [0.25, 0.3) is 0 Å². The number of amides is 2. The van der Waals surface area contributed by atoms with Crippen LogP contribution in [0.4, 0.5) is 16.2 Å². The van der Waals surface area contributed by atoms with Crippen molar-refractivity contribution in [2.24, 2.45) is 5.41 Å². The van der Waals surface area contributed by atoms with Gasteiger partial charge in [0.2, 0.25) is 0 Å². The number of carbonyl (C=O) groups excluding carboxylic acids is 1. The first kappa shape index (κ1) is 13.7. The molecule has 1 aromatic rings. The minimum absolute atomic E-state index is 0.0714. The van der Waals surface area contributed by atoms with E-state index < -0.39 is 0 Å². The van der Waals surface area contributed by atoms with Crippen molar-refractivity contribution < 1.29 is 4.79 Å². The normalized spacial score (nSPS) is 16.3. The second-order valence-corrected chi connectivity index (χ2v) is 6.29. The zero-order valence-electron chi connectivity index (χ0n) is 12.0. The number of nitrogens with two attached hydrogens (primary N) is 1. The number of benzene rings is 1. The van der Waals surface area contributed by atoms with Gasteiger partial charge in [-0.05, 0) is 24.0 Å². The highest BCUT2D eigenvalue weighted by atomic mass is 16.2. The molecule has 1 aliphatic heterocycles. The van der Waals surface area contributed by atoms with Gasteiger partial charge in [0.15, 0.2) is 0 Å². The number of anilines is 2. The van der Waals surface area contributed by atoms with Crippen molar-refractivity contribution in [3.8, 4) is 0 Å². The average molecular weight is 261 g/mol. The highest BCUT2D eigenvalue weighted by Gasteiger charge is 2.30. The third-order valence-corrected chi connectivity index (χ3v) is 3.45. The van der Waals surface area contributed by atoms with Crippen LogP contribution in [0.2, 0.25) is 0 Å². The Morgan fingerprint density at radius 1 is 1.21 bits per heavy atom. The largest absolute Gasteiger partial charge is 0.397 e. The van der Waals surface area contributed by atoms with E-state index in [0.717, 1.165) is 31.7 Å². The molecule has 104 valence electrons. The summed E-state index contributed by atoms with van der Waals surface area (Å²) < 4.78 is 0. The minimum atomic E-state index is 0.0714. The molecule has 0 unspecified atom stereocenters. The van der Waals surface area contributed by atoms with Crippen LogP contribution in [0.1, 0.15) is 27.2 Å². The molecule has 2 rings (SSSR count). The molecule has 2 amide bonds. The van der Waals surface area contributed by atoms with Gasteiger partial charge in [0.1, 0.15) is 0 Å². The van der Waals surface area contributed by atoms with Crippen LogP contribution in [-0.2, 0) is 0 Å². The van der Waals surface area contributed by atoms with Crippen molar-refractivity contribution in [3.63, 3.8) is 0 Å². The van der Waals surface area contributed by atoms with Crippen molar-refractivity contribution >= 4 is 17.4 Å². The van der Waals surface area contributed by atoms with E-state index in [-0.39, 0.29) is 11.4 Å². The van der Waals surface area contributed by atoms with Gasteiger partial charge in [0.25, 0.3) is 0 Å². The summed E-state index contributed by atoms with van der Waals surface area (Å²) in [5, 5.41) is 0. The molecule has 1 saturated heterocycles. The van der Waals surface area contributed by atoms with E-state index in [9.17, 15) is 4.79 Å². The zero-order chi connectivity index (χ0) is 14.0. The summed E-state index contributed by atoms with van der Waals surface area (Å²) in [6, 6.07) is 7.61. The number of urea groups is 1. The van der Waals surface area contributed by atoms with Crippen LogP contribution in [0, 0.1) is 5.41 Å². The van der Waals surface area contributed by atoms with Crippen molar-refractivity contribution in [2.45, 2.75) is 27.2 Å². The van der Waals surface area contributed by atoms with E-state index in [2.05, 4.69) is 20.8 Å². The Labute approximate surface area is 115 Å². The van der Waals surface area contributed by atoms with Crippen LogP contribution in [-0.4, -0.2) is 30.6 Å². The number of hydrogen-bond donors (Lipinski definition) is 1. The van der Waals surface area contributed by atoms with Crippen molar-refractivity contribution in [1.29, 1.82) is 0 Å². The summed E-state index contributed by atoms with van der Waals surface area (Å²) in [6.45, 7) is 8.90. The minimum Gasteiger partial charge on any atom is -0.397 e. The van der Waals surface area contributed by atoms with E-state index in [1.54, 1.807) is 4.90 Å². The fraction of sp³-hybridized carbons (Fsp3) is 0.533. The van der Waals surface area contributed by atoms with Gasteiger partial charge in [-0.25, -0.2) is 4.79 Å². The molecule has 1 aliphatic rings. The maximum absolute atomic E-state index is 12.4. The van der Waals surface area contributed by atoms with Crippen LogP contribution < -0.4 is 10.6 Å². The van der Waals surface area contributed by atoms with E-state index in [0.29, 0.717) is 5.69 Å². The fourth-order valence-electron chi connectivity index (χ4n) is 2.22. The Hall–Kier alpha value is -1.71. The summed E-state index contributed by atoms with van der Waals surface area (Å²) in [6.07, 6.45) is 1.01. The Morgan fingerprint density at radius 2 is 1.89 bits per heavy atom. The van der Waals surface area contributed by atoms with Crippen molar-refractivity contribution in [1.82, 2.24) is 4.90 Å². The fourth-order valence-corrected chi connectivity index (χ4v) is 2.22. The number of nitrogen functional groups attached to an aromatic ring is 1. The quantitative estimate of drug-likeness (QED) is 0.850. The second kappa shape index (κ2) is 5.11. The molecular weight excluding hydrogens is 238 g/mol. The van der Waals surface area contributed by atoms with Crippen LogP contribution >= 0.6 is 0 Å². The first-order chi connectivity index (χ1) is 8.88. The van der Waals surface area contributed by atoms with Gasteiger partial charge in [0, 0.05) is 19.6 Å². The lowest BCUT2D eigenvalue weighted by atomic mass is 9.92. The first-order valence-electron chi connectivity index (χ1n) is 6.79. The Morgan fingerprint density at radius 3 is 2.53 bits per heavy atom. The molecular formula is C15H23N3O. The maximum Gasteiger partial charge on any atom is 0.324 e. The molecule has 0 bridgehead atoms. The Balaban J connectivity index is 2.04. The number of nitrogens with zero attached hydrogens (tertiary/aromatic N) is 2. The van der Waals surface area contributed by atoms with Gasteiger partial charge < -0.3 is 10.6 Å². The molecule has 0 radical (unpaired) electrons. The summed E-state index contributed by atoms with van der Waals surface area (Å²) >= 11 is 0. The lowest BCUT2D eigenvalue weighted by molar-refractivity contribution is 0.212. The van der Waals surface area contributed by atoms with Crippen LogP contribution in [0.3, 0.4) is 0 Å². The van der Waals surface area contributed by atoms with E-state index in [1.165, 1.54) is 0 Å². The molecule has 1 aromatic carbocycles. The molecule has 1 fully saturated rings. The van der Waals surface area contributed by atoms with Crippen LogP contribution in [0.15, 0.2) is 24.3 Å². The van der Waals surface area contributed by atoms with Gasteiger partial charge >= 0.3 is 6.03 Å². The molecule has 4 heteroatoms. The highest BCUT2D eigenvalue weighted by Crippen LogP contribution is 2.27. The third kappa shape index (κ3) is 3.19. The second-order valence-electron chi connectivity index (χ2n) is 6.29. The Kier molecular flexibility index (Phi) is 3.69. The van der Waals surface area contributed by atoms with E-state index >= 15 is 0 Å². The lowest BCUT2D eigenvalue weighted by Gasteiger charge is -2.24. The predicted octanol–water partition coefficient (Wildman–Crippen LogP) is 2.95. The molecule has 4 nitrogen and oxygen atoms in total. The summed E-state index contributed by atoms with van der Waals surface area (Å²) in [4.78, 5) is 16.1. The molecule has 0 aromatic heterocycles. The highest BCUT2D eigenvalue weighted by molar-refractivity contribution is 5.97. The first-order valence-corrected chi connectivity index (χ1v) is 6.79. The van der Waals surface area contributed by atoms with E-state index in [4.69, 9.17) is 5.73 Å². The molecule has 0 spiro atoms. The predicted molar refractivity (Wildman–Crippen MR) is 79.2 cm³/mol. The molecule has 19 heavy (non-hydrogen) atoms. The van der Waals surface area contributed by atoms with Crippen LogP contribution in [0.5, 0.6) is 0 Å². The molecule has 1 heterocycles. The monoisotopic (exact) mass is 261 g/mol. The third-order valence-electron chi connectivity index (χ3n) is 3.45. The summed E-state index contributed by atoms with van der Waals surface area (Å²) in [5.74, 6) is 0. The number of rotatable bonds is 3. The molecule has 0 aliphatic carbocycles. The smallest absolute Gasteiger partial charge is 0.324 e. The van der Waals surface area contributed by atoms with Gasteiger partial charge in [0.05, 0.1) is 11.4 Å². The summed E-state index contributed by atoms with van der Waals surface area (Å²) in [7, 11) is 0. The van der Waals surface area contributed by atoms with Gasteiger partial charge in [-0.1, -0.05) is 32.9 Å². The van der Waals surface area contributed by atoms with Gasteiger partial charge in [-0.3, -0.25) is 4.90 Å². The molecule has 0 atom stereocenters. The van der Waals surface area contributed by atoms with Crippen molar-refractivity contribution in [3.05, 3.63) is 24.3 Å². The standard InChI is InChI=1S/C15H23N3O/c1-15(2,3)8-9-17-10-11-18(14(17)19)13-7-5-4-6-12(13)16/h4-7H,8-11,16H2,1-3H3. The van der Waals surface area contributed by atoms with Crippen molar-refractivity contribution in [2.75, 3.05) is 30.3 Å². The number of hydrogen-bond acceptors (Lipinski definition) is 2. The van der Waals surface area contributed by atoms with Gasteiger partial charge in [-0.15, -0.1) is 0 Å². The zero-order valence-corrected chi connectivity index (χ0v) is 12.0. The molecule has 0 saturated carbocycles. The number of carbonyl (C=O) groups is 1. The summed E-state index contributed by atoms with van der Waals surface area (Å²) in [5.41, 5.74) is 7.67. The lowest BCUT2D eigenvalue weighted by Crippen LogP contribution is -2.34. The topological polar surface area (TPSA) is 49.6 Å². The number of para-hydroxylation sites is 2. The Bertz CT molecular complexity index is 465. The van der Waals surface area contributed by atoms with E-state index in [1.807, 2.05) is 29.2 Å². The maximum atomic E-state index is 12.4. The SMILES string of the molecule is CC(C)(C)CCN1CCN(c2ccccc2N)C1=O. The molecule has 2 N–H and O–H groups in total. The van der Waals surface area contributed by atoms with Gasteiger partial charge in [-0.2, -0.15) is 0 Å². The average Bonchev–Trinajstić information content (AvgIpc) is 2.68.